The number of hydrogen-bond acceptors (Lipinski definition) is 4. The van der Waals surface area contributed by atoms with Gasteiger partial charge in [-0.15, -0.1) is 11.3 Å². The van der Waals surface area contributed by atoms with Crippen LogP contribution in [0.1, 0.15) is 0 Å². The van der Waals surface area contributed by atoms with Gasteiger partial charge in [0.1, 0.15) is 11.6 Å². The monoisotopic (exact) mass is 376 g/mol. The molecule has 0 radical (unpaired) electrons. The Morgan fingerprint density at radius 1 is 1.20 bits per heavy atom. The molecule has 0 fully saturated rings. The second-order valence-corrected chi connectivity index (χ2v) is 6.49. The number of thiazole rings is 1. The van der Waals surface area contributed by atoms with E-state index in [0.717, 1.165) is 5.56 Å². The van der Waals surface area contributed by atoms with Crippen LogP contribution in [-0.4, -0.2) is 24.5 Å². The van der Waals surface area contributed by atoms with E-state index in [1.807, 2.05) is 5.38 Å². The third kappa shape index (κ3) is 4.35. The summed E-state index contributed by atoms with van der Waals surface area (Å²) in [5, 5.41) is 2.97. The molecule has 0 spiro atoms. The Labute approximate surface area is 153 Å². The molecule has 0 aliphatic heterocycles. The van der Waals surface area contributed by atoms with Gasteiger partial charge in [-0.1, -0.05) is 11.6 Å². The first kappa shape index (κ1) is 17.4. The van der Waals surface area contributed by atoms with Gasteiger partial charge in [0.2, 0.25) is 0 Å². The highest BCUT2D eigenvalue weighted by atomic mass is 35.5. The first-order valence-corrected chi connectivity index (χ1v) is 8.65. The normalized spacial score (nSPS) is 10.5. The van der Waals surface area contributed by atoms with E-state index in [-0.39, 0.29) is 18.3 Å². The van der Waals surface area contributed by atoms with E-state index in [4.69, 9.17) is 16.3 Å². The summed E-state index contributed by atoms with van der Waals surface area (Å²) in [6, 6.07) is 12.9. The van der Waals surface area contributed by atoms with Crippen molar-refractivity contribution in [3.05, 3.63) is 64.8 Å². The summed E-state index contributed by atoms with van der Waals surface area (Å²) in [4.78, 5) is 18.1. The average Bonchev–Trinajstić information content (AvgIpc) is 3.11. The van der Waals surface area contributed by atoms with Crippen LogP contribution in [0, 0.1) is 5.82 Å². The molecule has 0 aliphatic rings. The number of hydrogen-bond donors (Lipinski definition) is 0. The van der Waals surface area contributed by atoms with Gasteiger partial charge in [0, 0.05) is 23.0 Å². The highest BCUT2D eigenvalue weighted by molar-refractivity contribution is 7.14. The van der Waals surface area contributed by atoms with Crippen LogP contribution < -0.4 is 9.64 Å². The molecule has 1 aromatic heterocycles. The Kier molecular flexibility index (Phi) is 5.31. The maximum Gasteiger partial charge on any atom is 0.266 e. The van der Waals surface area contributed by atoms with Gasteiger partial charge < -0.3 is 4.74 Å². The van der Waals surface area contributed by atoms with Crippen LogP contribution in [0.3, 0.4) is 0 Å². The highest BCUT2D eigenvalue weighted by Gasteiger charge is 2.16. The smallest absolute Gasteiger partial charge is 0.266 e. The van der Waals surface area contributed by atoms with Crippen molar-refractivity contribution in [3.63, 3.8) is 0 Å². The predicted molar refractivity (Wildman–Crippen MR) is 97.9 cm³/mol. The van der Waals surface area contributed by atoms with E-state index in [0.29, 0.717) is 21.6 Å². The summed E-state index contributed by atoms with van der Waals surface area (Å²) >= 11 is 7.14. The van der Waals surface area contributed by atoms with Gasteiger partial charge in [0.25, 0.3) is 5.91 Å². The fourth-order valence-corrected chi connectivity index (χ4v) is 2.99. The van der Waals surface area contributed by atoms with Gasteiger partial charge in [0.05, 0.1) is 5.69 Å². The molecule has 0 bridgehead atoms. The van der Waals surface area contributed by atoms with E-state index in [9.17, 15) is 9.18 Å². The van der Waals surface area contributed by atoms with E-state index >= 15 is 0 Å². The molecule has 0 N–H and O–H groups in total. The second kappa shape index (κ2) is 7.63. The Bertz CT molecular complexity index is 866. The minimum atomic E-state index is -0.300. The Hall–Kier alpha value is -2.44. The fourth-order valence-electron chi connectivity index (χ4n) is 2.05. The predicted octanol–water partition coefficient (Wildman–Crippen LogP) is 4.64. The summed E-state index contributed by atoms with van der Waals surface area (Å²) in [5.41, 5.74) is 1.49. The number of rotatable bonds is 5. The number of anilines is 1. The van der Waals surface area contributed by atoms with Crippen molar-refractivity contribution < 1.29 is 13.9 Å². The molecule has 4 nitrogen and oxygen atoms in total. The van der Waals surface area contributed by atoms with Crippen LogP contribution >= 0.6 is 22.9 Å². The standard InChI is InChI=1S/C18H14ClFN2O2S/c1-22(17(23)10-24-15-8-4-13(19)5-9-15)18-21-16(11-25-18)12-2-6-14(20)7-3-12/h2-9,11H,10H2,1H3. The average molecular weight is 377 g/mol. The van der Waals surface area contributed by atoms with Crippen LogP contribution in [0.4, 0.5) is 9.52 Å². The van der Waals surface area contributed by atoms with Crippen molar-refractivity contribution in [1.29, 1.82) is 0 Å². The molecule has 0 saturated heterocycles. The van der Waals surface area contributed by atoms with Crippen LogP contribution in [0.25, 0.3) is 11.3 Å². The molecule has 1 heterocycles. The fraction of sp³-hybridized carbons (Fsp3) is 0.111. The van der Waals surface area contributed by atoms with Crippen molar-refractivity contribution in [1.82, 2.24) is 4.98 Å². The number of aromatic nitrogens is 1. The molecule has 25 heavy (non-hydrogen) atoms. The number of nitrogens with zero attached hydrogens (tertiary/aromatic N) is 2. The van der Waals surface area contributed by atoms with E-state index in [2.05, 4.69) is 4.98 Å². The van der Waals surface area contributed by atoms with Crippen LogP contribution in [0.5, 0.6) is 5.75 Å². The summed E-state index contributed by atoms with van der Waals surface area (Å²) in [5.74, 6) is 0.0399. The minimum absolute atomic E-state index is 0.108. The molecule has 0 unspecified atom stereocenters. The molecule has 1 amide bonds. The SMILES string of the molecule is CN(C(=O)COc1ccc(Cl)cc1)c1nc(-c2ccc(F)cc2)cs1. The van der Waals surface area contributed by atoms with Crippen molar-refractivity contribution >= 4 is 34.0 Å². The van der Waals surface area contributed by atoms with Crippen molar-refractivity contribution in [3.8, 4) is 17.0 Å². The third-order valence-corrected chi connectivity index (χ3v) is 4.64. The largest absolute Gasteiger partial charge is 0.484 e. The lowest BCUT2D eigenvalue weighted by Gasteiger charge is -2.14. The van der Waals surface area contributed by atoms with Gasteiger partial charge in [-0.05, 0) is 48.5 Å². The van der Waals surface area contributed by atoms with Gasteiger partial charge in [-0.3, -0.25) is 9.69 Å². The molecule has 2 aromatic carbocycles. The first-order valence-electron chi connectivity index (χ1n) is 7.39. The molecular formula is C18H14ClFN2O2S. The van der Waals surface area contributed by atoms with Crippen molar-refractivity contribution in [2.45, 2.75) is 0 Å². The summed E-state index contributed by atoms with van der Waals surface area (Å²) in [6.45, 7) is -0.108. The lowest BCUT2D eigenvalue weighted by molar-refractivity contribution is -0.120. The number of likely N-dealkylation sites (N-methyl/N-ethyl adjacent to an activating group) is 1. The maximum atomic E-state index is 13.0. The van der Waals surface area contributed by atoms with E-state index in [1.54, 1.807) is 43.4 Å². The van der Waals surface area contributed by atoms with Crippen molar-refractivity contribution in [2.24, 2.45) is 0 Å². The van der Waals surface area contributed by atoms with Crippen molar-refractivity contribution in [2.75, 3.05) is 18.6 Å². The highest BCUT2D eigenvalue weighted by Crippen LogP contribution is 2.27. The Morgan fingerprint density at radius 3 is 2.56 bits per heavy atom. The van der Waals surface area contributed by atoms with E-state index in [1.165, 1.54) is 28.4 Å². The zero-order valence-electron chi connectivity index (χ0n) is 13.3. The minimum Gasteiger partial charge on any atom is -0.484 e. The number of carbonyl (C=O) groups is 1. The number of carbonyl (C=O) groups excluding carboxylic acids is 1. The molecule has 0 aliphatic carbocycles. The molecular weight excluding hydrogens is 363 g/mol. The van der Waals surface area contributed by atoms with E-state index < -0.39 is 0 Å². The molecule has 0 atom stereocenters. The van der Waals surface area contributed by atoms with Crippen LogP contribution in [-0.2, 0) is 4.79 Å². The third-order valence-electron chi connectivity index (χ3n) is 3.47. The van der Waals surface area contributed by atoms with Crippen LogP contribution in [0.15, 0.2) is 53.9 Å². The number of halogens is 2. The summed E-state index contributed by atoms with van der Waals surface area (Å²) < 4.78 is 18.5. The lowest BCUT2D eigenvalue weighted by Crippen LogP contribution is -2.31. The first-order chi connectivity index (χ1) is 12.0. The van der Waals surface area contributed by atoms with Gasteiger partial charge >= 0.3 is 0 Å². The van der Waals surface area contributed by atoms with Gasteiger partial charge in [-0.2, -0.15) is 0 Å². The van der Waals surface area contributed by atoms with Gasteiger partial charge in [-0.25, -0.2) is 9.37 Å². The van der Waals surface area contributed by atoms with Gasteiger partial charge in [0.15, 0.2) is 11.7 Å². The molecule has 3 rings (SSSR count). The lowest BCUT2D eigenvalue weighted by atomic mass is 10.2. The number of ether oxygens (including phenoxy) is 1. The topological polar surface area (TPSA) is 42.4 Å². The quantitative estimate of drug-likeness (QED) is 0.651. The zero-order valence-corrected chi connectivity index (χ0v) is 14.9. The molecule has 3 aromatic rings. The second-order valence-electron chi connectivity index (χ2n) is 5.22. The Balaban J connectivity index is 1.64. The molecule has 7 heteroatoms. The molecule has 128 valence electrons. The number of benzene rings is 2. The maximum absolute atomic E-state index is 13.0. The summed E-state index contributed by atoms with van der Waals surface area (Å²) in [6.07, 6.45) is 0. The number of amides is 1. The van der Waals surface area contributed by atoms with Crippen LogP contribution in [0.2, 0.25) is 5.02 Å². The Morgan fingerprint density at radius 2 is 1.88 bits per heavy atom. The summed E-state index contributed by atoms with van der Waals surface area (Å²) in [7, 11) is 1.64. The zero-order chi connectivity index (χ0) is 17.8. The molecule has 0 saturated carbocycles.